The van der Waals surface area contributed by atoms with Crippen molar-refractivity contribution in [1.82, 2.24) is 0 Å². The Bertz CT molecular complexity index is 264. The third kappa shape index (κ3) is 1.97. The Morgan fingerprint density at radius 2 is 2.42 bits per heavy atom. The molecule has 12 heavy (non-hydrogen) atoms. The molecule has 0 aromatic heterocycles. The van der Waals surface area contributed by atoms with E-state index in [1.807, 2.05) is 19.9 Å². The van der Waals surface area contributed by atoms with Crippen LogP contribution in [0.25, 0.3) is 0 Å². The van der Waals surface area contributed by atoms with E-state index in [9.17, 15) is 4.79 Å². The van der Waals surface area contributed by atoms with Crippen molar-refractivity contribution in [3.63, 3.8) is 0 Å². The minimum atomic E-state index is -0.211. The normalized spacial score (nSPS) is 16.4. The number of esters is 1. The first-order valence-corrected chi connectivity index (χ1v) is 4.67. The van der Waals surface area contributed by atoms with Crippen molar-refractivity contribution in [3.05, 3.63) is 21.7 Å². The van der Waals surface area contributed by atoms with Crippen LogP contribution in [0.4, 0.5) is 0 Å². The smallest absolute Gasteiger partial charge is 0.335 e. The average molecular weight is 231 g/mol. The standard InChI is InChI=1S/C9H11BrO2/c1-3-12-9(11)7-4-6(2)5-8(7)10/h5H,3-4H2,1-2H3. The van der Waals surface area contributed by atoms with Crippen LogP contribution in [-0.2, 0) is 9.53 Å². The highest BCUT2D eigenvalue weighted by molar-refractivity contribution is 9.12. The lowest BCUT2D eigenvalue weighted by Crippen LogP contribution is -2.06. The summed E-state index contributed by atoms with van der Waals surface area (Å²) in [4.78, 5) is 11.3. The van der Waals surface area contributed by atoms with E-state index < -0.39 is 0 Å². The molecule has 2 nitrogen and oxygen atoms in total. The quantitative estimate of drug-likeness (QED) is 0.682. The fourth-order valence-electron chi connectivity index (χ4n) is 1.11. The summed E-state index contributed by atoms with van der Waals surface area (Å²) < 4.78 is 5.74. The molecule has 0 saturated heterocycles. The van der Waals surface area contributed by atoms with E-state index in [-0.39, 0.29) is 5.97 Å². The van der Waals surface area contributed by atoms with Crippen LogP contribution in [0.2, 0.25) is 0 Å². The predicted molar refractivity (Wildman–Crippen MR) is 51.0 cm³/mol. The maximum absolute atomic E-state index is 11.3. The maximum Gasteiger partial charge on any atom is 0.335 e. The largest absolute Gasteiger partial charge is 0.463 e. The van der Waals surface area contributed by atoms with Crippen molar-refractivity contribution in [2.75, 3.05) is 6.61 Å². The monoisotopic (exact) mass is 230 g/mol. The second-order valence-corrected chi connectivity index (χ2v) is 3.57. The molecule has 3 heteroatoms. The van der Waals surface area contributed by atoms with E-state index in [1.54, 1.807) is 0 Å². The Kier molecular flexibility index (Phi) is 3.09. The highest BCUT2D eigenvalue weighted by atomic mass is 79.9. The van der Waals surface area contributed by atoms with Crippen molar-refractivity contribution in [1.29, 1.82) is 0 Å². The van der Waals surface area contributed by atoms with Crippen molar-refractivity contribution in [2.45, 2.75) is 20.3 Å². The first-order valence-electron chi connectivity index (χ1n) is 3.88. The second-order valence-electron chi connectivity index (χ2n) is 2.71. The Morgan fingerprint density at radius 3 is 2.83 bits per heavy atom. The van der Waals surface area contributed by atoms with Crippen molar-refractivity contribution < 1.29 is 9.53 Å². The molecular weight excluding hydrogens is 220 g/mol. The van der Waals surface area contributed by atoms with Gasteiger partial charge in [0.1, 0.15) is 0 Å². The first kappa shape index (κ1) is 9.52. The van der Waals surface area contributed by atoms with Crippen molar-refractivity contribution >= 4 is 21.9 Å². The molecule has 0 saturated carbocycles. The lowest BCUT2D eigenvalue weighted by molar-refractivity contribution is -0.138. The number of rotatable bonds is 2. The van der Waals surface area contributed by atoms with Crippen LogP contribution in [0.1, 0.15) is 20.3 Å². The third-order valence-electron chi connectivity index (χ3n) is 1.64. The second kappa shape index (κ2) is 3.90. The third-order valence-corrected chi connectivity index (χ3v) is 2.35. The van der Waals surface area contributed by atoms with Gasteiger partial charge in [-0.05, 0) is 19.9 Å². The highest BCUT2D eigenvalue weighted by Gasteiger charge is 2.19. The summed E-state index contributed by atoms with van der Waals surface area (Å²) in [6, 6.07) is 0. The van der Waals surface area contributed by atoms with Crippen molar-refractivity contribution in [3.8, 4) is 0 Å². The van der Waals surface area contributed by atoms with E-state index in [0.717, 1.165) is 10.1 Å². The maximum atomic E-state index is 11.3. The average Bonchev–Trinajstić information content (AvgIpc) is 2.30. The Hall–Kier alpha value is -0.570. The summed E-state index contributed by atoms with van der Waals surface area (Å²) in [7, 11) is 0. The molecule has 0 unspecified atom stereocenters. The van der Waals surface area contributed by atoms with Gasteiger partial charge in [-0.15, -0.1) is 0 Å². The summed E-state index contributed by atoms with van der Waals surface area (Å²) in [5.41, 5.74) is 1.92. The topological polar surface area (TPSA) is 26.3 Å². The van der Waals surface area contributed by atoms with Gasteiger partial charge >= 0.3 is 5.97 Å². The Morgan fingerprint density at radius 1 is 1.75 bits per heavy atom. The molecule has 0 aliphatic heterocycles. The molecule has 0 aromatic rings. The zero-order chi connectivity index (χ0) is 9.14. The summed E-state index contributed by atoms with van der Waals surface area (Å²) in [6.07, 6.45) is 2.66. The van der Waals surface area contributed by atoms with Gasteiger partial charge in [0.15, 0.2) is 0 Å². The molecule has 0 spiro atoms. The van der Waals surface area contributed by atoms with Crippen LogP contribution >= 0.6 is 15.9 Å². The van der Waals surface area contributed by atoms with Gasteiger partial charge in [0, 0.05) is 10.9 Å². The fraction of sp³-hybridized carbons (Fsp3) is 0.444. The fourth-order valence-corrected chi connectivity index (χ4v) is 1.80. The molecule has 66 valence electrons. The molecule has 0 N–H and O–H groups in total. The molecular formula is C9H11BrO2. The van der Waals surface area contributed by atoms with Gasteiger partial charge in [0.05, 0.1) is 12.2 Å². The lowest BCUT2D eigenvalue weighted by Gasteiger charge is -2.02. The molecule has 0 aromatic carbocycles. The van der Waals surface area contributed by atoms with Crippen LogP contribution in [0.15, 0.2) is 21.7 Å². The van der Waals surface area contributed by atoms with E-state index in [1.165, 1.54) is 5.57 Å². The molecule has 0 atom stereocenters. The molecule has 1 aliphatic carbocycles. The predicted octanol–water partition coefficient (Wildman–Crippen LogP) is 2.55. The number of hydrogen-bond acceptors (Lipinski definition) is 2. The van der Waals surface area contributed by atoms with Gasteiger partial charge in [0.2, 0.25) is 0 Å². The van der Waals surface area contributed by atoms with E-state index >= 15 is 0 Å². The van der Waals surface area contributed by atoms with Gasteiger partial charge in [-0.3, -0.25) is 0 Å². The summed E-state index contributed by atoms with van der Waals surface area (Å²) in [5.74, 6) is -0.211. The van der Waals surface area contributed by atoms with E-state index in [4.69, 9.17) is 4.74 Å². The SMILES string of the molecule is CCOC(=O)C1=C(Br)C=C(C)C1. The van der Waals surface area contributed by atoms with Gasteiger partial charge in [-0.25, -0.2) is 4.79 Å². The Labute approximate surface area is 80.4 Å². The minimum absolute atomic E-state index is 0.211. The van der Waals surface area contributed by atoms with Crippen LogP contribution in [0.3, 0.4) is 0 Å². The molecule has 0 heterocycles. The van der Waals surface area contributed by atoms with Gasteiger partial charge in [-0.1, -0.05) is 21.5 Å². The summed E-state index contributed by atoms with van der Waals surface area (Å²) >= 11 is 3.32. The number of halogens is 1. The minimum Gasteiger partial charge on any atom is -0.463 e. The summed E-state index contributed by atoms with van der Waals surface area (Å²) in [5, 5.41) is 0. The molecule has 0 fully saturated rings. The lowest BCUT2D eigenvalue weighted by atomic mass is 10.2. The zero-order valence-electron chi connectivity index (χ0n) is 7.19. The van der Waals surface area contributed by atoms with Gasteiger partial charge in [-0.2, -0.15) is 0 Å². The van der Waals surface area contributed by atoms with Crippen LogP contribution in [0.5, 0.6) is 0 Å². The highest BCUT2D eigenvalue weighted by Crippen LogP contribution is 2.29. The van der Waals surface area contributed by atoms with Gasteiger partial charge in [0.25, 0.3) is 0 Å². The molecule has 0 radical (unpaired) electrons. The number of ether oxygens (including phenoxy) is 1. The van der Waals surface area contributed by atoms with Crippen LogP contribution in [0, 0.1) is 0 Å². The molecule has 0 bridgehead atoms. The number of hydrogen-bond donors (Lipinski definition) is 0. The molecule has 1 aliphatic rings. The van der Waals surface area contributed by atoms with Crippen LogP contribution < -0.4 is 0 Å². The molecule has 1 rings (SSSR count). The number of carbonyl (C=O) groups excluding carboxylic acids is 1. The first-order chi connectivity index (χ1) is 5.65. The van der Waals surface area contributed by atoms with Crippen LogP contribution in [-0.4, -0.2) is 12.6 Å². The van der Waals surface area contributed by atoms with E-state index in [2.05, 4.69) is 15.9 Å². The van der Waals surface area contributed by atoms with Crippen molar-refractivity contribution in [2.24, 2.45) is 0 Å². The molecule has 0 amide bonds. The zero-order valence-corrected chi connectivity index (χ0v) is 8.77. The summed E-state index contributed by atoms with van der Waals surface area (Å²) in [6.45, 7) is 4.23. The number of carbonyl (C=O) groups is 1. The van der Waals surface area contributed by atoms with Gasteiger partial charge < -0.3 is 4.74 Å². The number of allylic oxidation sites excluding steroid dienone is 3. The Balaban J connectivity index is 2.68. The van der Waals surface area contributed by atoms with E-state index in [0.29, 0.717) is 13.0 Å².